The highest BCUT2D eigenvalue weighted by Gasteiger charge is 2.22. The van der Waals surface area contributed by atoms with Gasteiger partial charge in [0.25, 0.3) is 0 Å². The molecule has 2 atom stereocenters. The molecule has 0 fully saturated rings. The number of guanidine groups is 1. The van der Waals surface area contributed by atoms with E-state index >= 15 is 0 Å². The molecule has 1 aromatic heterocycles. The van der Waals surface area contributed by atoms with Crippen molar-refractivity contribution in [3.63, 3.8) is 0 Å². The third kappa shape index (κ3) is 6.45. The van der Waals surface area contributed by atoms with Gasteiger partial charge in [-0.05, 0) is 31.0 Å². The number of methoxy groups -OCH3 is 1. The predicted molar refractivity (Wildman–Crippen MR) is 132 cm³/mol. The summed E-state index contributed by atoms with van der Waals surface area (Å²) in [5.74, 6) is 2.64. The molecule has 1 aliphatic heterocycles. The van der Waals surface area contributed by atoms with E-state index in [1.54, 1.807) is 7.11 Å². The van der Waals surface area contributed by atoms with E-state index in [4.69, 9.17) is 32.9 Å². The molecule has 10 heteroatoms. The number of hydrogen-bond donors (Lipinski definition) is 2. The van der Waals surface area contributed by atoms with Gasteiger partial charge in [-0.2, -0.15) is 5.10 Å². The Morgan fingerprint density at radius 2 is 2.10 bits per heavy atom. The lowest BCUT2D eigenvalue weighted by Crippen LogP contribution is -2.47. The number of nitrogens with zero attached hydrogens (tertiary/aromatic N) is 4. The van der Waals surface area contributed by atoms with Crippen LogP contribution < -0.4 is 10.6 Å². The normalized spacial score (nSPS) is 17.1. The smallest absolute Gasteiger partial charge is 0.191 e. The number of aryl methyl sites for hydroxylation is 1. The molecule has 166 valence electrons. The van der Waals surface area contributed by atoms with E-state index in [0.717, 1.165) is 49.1 Å². The summed E-state index contributed by atoms with van der Waals surface area (Å²) < 4.78 is 7.10. The zero-order valence-electron chi connectivity index (χ0n) is 17.5. The second-order valence-electron chi connectivity index (χ2n) is 7.20. The van der Waals surface area contributed by atoms with E-state index < -0.39 is 0 Å². The zero-order valence-corrected chi connectivity index (χ0v) is 21.3. The molecule has 2 heterocycles. The molecule has 1 aromatic carbocycles. The highest BCUT2D eigenvalue weighted by Crippen LogP contribution is 2.31. The first-order chi connectivity index (χ1) is 14.0. The van der Waals surface area contributed by atoms with Crippen molar-refractivity contribution in [2.45, 2.75) is 51.8 Å². The van der Waals surface area contributed by atoms with E-state index in [9.17, 15) is 0 Å². The number of hydrogen-bond acceptors (Lipinski definition) is 4. The van der Waals surface area contributed by atoms with Gasteiger partial charge in [-0.15, -0.1) is 24.0 Å². The molecule has 0 saturated carbocycles. The van der Waals surface area contributed by atoms with Gasteiger partial charge in [-0.25, -0.2) is 9.67 Å². The lowest BCUT2D eigenvalue weighted by atomic mass is 10.0. The van der Waals surface area contributed by atoms with Crippen molar-refractivity contribution in [3.8, 4) is 0 Å². The van der Waals surface area contributed by atoms with Gasteiger partial charge < -0.3 is 15.4 Å². The third-order valence-electron chi connectivity index (χ3n) is 4.88. The molecule has 30 heavy (non-hydrogen) atoms. The number of halogens is 3. The van der Waals surface area contributed by atoms with Crippen LogP contribution >= 0.6 is 47.2 Å². The molecule has 0 saturated heterocycles. The van der Waals surface area contributed by atoms with Crippen molar-refractivity contribution in [3.05, 3.63) is 45.5 Å². The Morgan fingerprint density at radius 1 is 1.37 bits per heavy atom. The van der Waals surface area contributed by atoms with Crippen molar-refractivity contribution >= 4 is 53.1 Å². The average Bonchev–Trinajstić information content (AvgIpc) is 3.08. The summed E-state index contributed by atoms with van der Waals surface area (Å²) >= 11 is 12.7. The minimum Gasteiger partial charge on any atom is -0.377 e. The Kier molecular flexibility index (Phi) is 10.1. The average molecular weight is 567 g/mol. The Hall–Kier alpha value is -1.10. The maximum Gasteiger partial charge on any atom is 0.191 e. The standard InChI is InChI=1S/C20H28Cl2N6O.HI/c1-4-23-20(24-10-13(2)19-15(21)6-5-7-16(19)22)25-14-8-9-18-26-17(12-29-3)27-28(18)11-14;/h5-7,13-14H,4,8-12H2,1-3H3,(H2,23,24,25);1H. The van der Waals surface area contributed by atoms with Gasteiger partial charge >= 0.3 is 0 Å². The number of aliphatic imine (C=N–C) groups is 1. The molecule has 0 radical (unpaired) electrons. The number of rotatable bonds is 7. The largest absolute Gasteiger partial charge is 0.377 e. The number of ether oxygens (including phenoxy) is 1. The fraction of sp³-hybridized carbons (Fsp3) is 0.550. The summed E-state index contributed by atoms with van der Waals surface area (Å²) in [5, 5.41) is 12.7. The van der Waals surface area contributed by atoms with Gasteiger partial charge in [0.2, 0.25) is 0 Å². The summed E-state index contributed by atoms with van der Waals surface area (Å²) in [4.78, 5) is 9.30. The van der Waals surface area contributed by atoms with Crippen LogP contribution in [-0.2, 0) is 24.3 Å². The maximum absolute atomic E-state index is 6.34. The zero-order chi connectivity index (χ0) is 20.8. The van der Waals surface area contributed by atoms with Crippen LogP contribution in [0.4, 0.5) is 0 Å². The molecule has 0 amide bonds. The molecular formula is C20H29Cl2IN6O. The van der Waals surface area contributed by atoms with Crippen LogP contribution in [0.3, 0.4) is 0 Å². The number of fused-ring (bicyclic) bond motifs is 1. The first-order valence-electron chi connectivity index (χ1n) is 9.92. The topological polar surface area (TPSA) is 76.4 Å². The molecule has 3 rings (SSSR count). The fourth-order valence-electron chi connectivity index (χ4n) is 3.48. The van der Waals surface area contributed by atoms with Gasteiger partial charge in [0.1, 0.15) is 12.4 Å². The number of aromatic nitrogens is 3. The Labute approximate surface area is 205 Å². The molecule has 2 unspecified atom stereocenters. The van der Waals surface area contributed by atoms with Gasteiger partial charge in [0.15, 0.2) is 11.8 Å². The van der Waals surface area contributed by atoms with E-state index in [1.807, 2.05) is 22.9 Å². The quantitative estimate of drug-likeness (QED) is 0.301. The molecular weight excluding hydrogens is 538 g/mol. The molecule has 0 bridgehead atoms. The van der Waals surface area contributed by atoms with Crippen LogP contribution in [-0.4, -0.2) is 47.0 Å². The van der Waals surface area contributed by atoms with E-state index in [1.165, 1.54) is 0 Å². The second-order valence-corrected chi connectivity index (χ2v) is 8.01. The Balaban J connectivity index is 0.00000320. The van der Waals surface area contributed by atoms with Gasteiger partial charge in [-0.1, -0.05) is 36.2 Å². The first kappa shape index (κ1) is 25.2. The SMILES string of the molecule is CCNC(=NCC(C)c1c(Cl)cccc1Cl)NC1CCc2nc(COC)nn2C1.I. The van der Waals surface area contributed by atoms with Crippen molar-refractivity contribution in [1.29, 1.82) is 0 Å². The van der Waals surface area contributed by atoms with E-state index in [-0.39, 0.29) is 35.9 Å². The maximum atomic E-state index is 6.34. The van der Waals surface area contributed by atoms with E-state index in [2.05, 4.69) is 34.6 Å². The van der Waals surface area contributed by atoms with Crippen molar-refractivity contribution in [1.82, 2.24) is 25.4 Å². The second kappa shape index (κ2) is 12.1. The lowest BCUT2D eigenvalue weighted by molar-refractivity contribution is 0.177. The highest BCUT2D eigenvalue weighted by molar-refractivity contribution is 14.0. The summed E-state index contributed by atoms with van der Waals surface area (Å²) in [6, 6.07) is 5.82. The Morgan fingerprint density at radius 3 is 2.77 bits per heavy atom. The number of nitrogens with one attached hydrogen (secondary N) is 2. The molecule has 2 aromatic rings. The highest BCUT2D eigenvalue weighted by atomic mass is 127. The monoisotopic (exact) mass is 566 g/mol. The van der Waals surface area contributed by atoms with Gasteiger partial charge in [-0.3, -0.25) is 4.99 Å². The summed E-state index contributed by atoms with van der Waals surface area (Å²) in [5.41, 5.74) is 0.936. The minimum atomic E-state index is 0. The molecule has 1 aliphatic rings. The molecule has 0 aliphatic carbocycles. The Bertz CT molecular complexity index is 840. The minimum absolute atomic E-state index is 0. The third-order valence-corrected chi connectivity index (χ3v) is 5.54. The van der Waals surface area contributed by atoms with Crippen LogP contribution in [0.5, 0.6) is 0 Å². The van der Waals surface area contributed by atoms with Crippen molar-refractivity contribution in [2.75, 3.05) is 20.2 Å². The fourth-order valence-corrected chi connectivity index (χ4v) is 4.25. The van der Waals surface area contributed by atoms with Crippen LogP contribution in [0, 0.1) is 0 Å². The van der Waals surface area contributed by atoms with Crippen LogP contribution in [0.15, 0.2) is 23.2 Å². The molecule has 7 nitrogen and oxygen atoms in total. The molecule has 2 N–H and O–H groups in total. The van der Waals surface area contributed by atoms with Crippen LogP contribution in [0.25, 0.3) is 0 Å². The first-order valence-corrected chi connectivity index (χ1v) is 10.7. The van der Waals surface area contributed by atoms with Crippen LogP contribution in [0.1, 0.15) is 43.4 Å². The van der Waals surface area contributed by atoms with Crippen molar-refractivity contribution < 1.29 is 4.74 Å². The van der Waals surface area contributed by atoms with Gasteiger partial charge in [0.05, 0.1) is 6.54 Å². The summed E-state index contributed by atoms with van der Waals surface area (Å²) in [6.45, 7) is 6.69. The lowest BCUT2D eigenvalue weighted by Gasteiger charge is -2.25. The van der Waals surface area contributed by atoms with Crippen LogP contribution in [0.2, 0.25) is 10.0 Å². The molecule has 0 spiro atoms. The summed E-state index contributed by atoms with van der Waals surface area (Å²) in [7, 11) is 1.65. The van der Waals surface area contributed by atoms with Gasteiger partial charge in [0, 0.05) is 48.6 Å². The van der Waals surface area contributed by atoms with Crippen molar-refractivity contribution in [2.24, 2.45) is 4.99 Å². The number of benzene rings is 1. The predicted octanol–water partition coefficient (Wildman–Crippen LogP) is 4.02. The summed E-state index contributed by atoms with van der Waals surface area (Å²) in [6.07, 6.45) is 1.85. The van der Waals surface area contributed by atoms with E-state index in [0.29, 0.717) is 23.2 Å².